The van der Waals surface area contributed by atoms with Crippen LogP contribution < -0.4 is 10.6 Å². The van der Waals surface area contributed by atoms with E-state index in [1.165, 1.54) is 0 Å². The molecule has 0 atom stereocenters. The van der Waals surface area contributed by atoms with Crippen molar-refractivity contribution in [3.63, 3.8) is 0 Å². The van der Waals surface area contributed by atoms with Crippen LogP contribution in [0.3, 0.4) is 0 Å². The molecule has 0 aliphatic heterocycles. The topological polar surface area (TPSA) is 71.3 Å². The van der Waals surface area contributed by atoms with Gasteiger partial charge in [-0.3, -0.25) is 9.59 Å². The second kappa shape index (κ2) is 6.47. The third-order valence-electron chi connectivity index (χ3n) is 3.42. The van der Waals surface area contributed by atoms with Crippen molar-refractivity contribution in [1.29, 1.82) is 0 Å². The highest BCUT2D eigenvalue weighted by atomic mass is 16.3. The molecule has 2 rings (SSSR count). The van der Waals surface area contributed by atoms with E-state index in [4.69, 9.17) is 4.42 Å². The molecule has 0 saturated heterocycles. The van der Waals surface area contributed by atoms with Crippen LogP contribution in [0.15, 0.2) is 28.7 Å². The van der Waals surface area contributed by atoms with Crippen LogP contribution in [-0.2, 0) is 16.1 Å². The summed E-state index contributed by atoms with van der Waals surface area (Å²) in [6.07, 6.45) is 0. The van der Waals surface area contributed by atoms with Crippen LogP contribution in [0, 0.1) is 27.7 Å². The van der Waals surface area contributed by atoms with Gasteiger partial charge in [0.1, 0.15) is 11.5 Å². The lowest BCUT2D eigenvalue weighted by molar-refractivity contribution is -0.136. The second-order valence-corrected chi connectivity index (χ2v) is 5.39. The number of hydrogen-bond acceptors (Lipinski definition) is 3. The summed E-state index contributed by atoms with van der Waals surface area (Å²) in [5.74, 6) is 0.178. The molecule has 0 unspecified atom stereocenters. The summed E-state index contributed by atoms with van der Waals surface area (Å²) in [6.45, 7) is 7.79. The van der Waals surface area contributed by atoms with E-state index < -0.39 is 11.8 Å². The molecule has 0 aliphatic rings. The van der Waals surface area contributed by atoms with E-state index in [2.05, 4.69) is 10.6 Å². The Labute approximate surface area is 129 Å². The molecule has 5 nitrogen and oxygen atoms in total. The molecular formula is C17H20N2O3. The van der Waals surface area contributed by atoms with Gasteiger partial charge in [0.25, 0.3) is 0 Å². The van der Waals surface area contributed by atoms with Crippen molar-refractivity contribution >= 4 is 17.5 Å². The zero-order valence-electron chi connectivity index (χ0n) is 13.2. The van der Waals surface area contributed by atoms with Gasteiger partial charge in [-0.1, -0.05) is 17.7 Å². The SMILES string of the molecule is Cc1ccc(NC(=O)C(=O)NCc2cc(C)oc2C)c(C)c1. The van der Waals surface area contributed by atoms with Gasteiger partial charge >= 0.3 is 11.8 Å². The molecule has 0 aliphatic carbocycles. The lowest BCUT2D eigenvalue weighted by atomic mass is 10.1. The Morgan fingerprint density at radius 3 is 2.36 bits per heavy atom. The standard InChI is InChI=1S/C17H20N2O3/c1-10-5-6-15(11(2)7-10)19-17(21)16(20)18-9-14-8-12(3)22-13(14)4/h5-8H,9H2,1-4H3,(H,18,20)(H,19,21). The van der Waals surface area contributed by atoms with Crippen LogP contribution in [0.2, 0.25) is 0 Å². The van der Waals surface area contributed by atoms with Gasteiger partial charge in [0, 0.05) is 17.8 Å². The largest absolute Gasteiger partial charge is 0.466 e. The predicted molar refractivity (Wildman–Crippen MR) is 84.6 cm³/mol. The van der Waals surface area contributed by atoms with Gasteiger partial charge in [0.15, 0.2) is 0 Å². The van der Waals surface area contributed by atoms with E-state index in [0.29, 0.717) is 5.69 Å². The van der Waals surface area contributed by atoms with Crippen molar-refractivity contribution in [2.75, 3.05) is 5.32 Å². The van der Waals surface area contributed by atoms with Gasteiger partial charge in [-0.05, 0) is 45.4 Å². The fraction of sp³-hybridized carbons (Fsp3) is 0.294. The number of furan rings is 1. The fourth-order valence-corrected chi connectivity index (χ4v) is 2.25. The number of benzene rings is 1. The number of rotatable bonds is 3. The van der Waals surface area contributed by atoms with Crippen molar-refractivity contribution in [1.82, 2.24) is 5.32 Å². The molecule has 116 valence electrons. The zero-order chi connectivity index (χ0) is 16.3. The lowest BCUT2D eigenvalue weighted by Gasteiger charge is -2.09. The smallest absolute Gasteiger partial charge is 0.313 e. The lowest BCUT2D eigenvalue weighted by Crippen LogP contribution is -2.35. The minimum atomic E-state index is -0.676. The summed E-state index contributed by atoms with van der Waals surface area (Å²) >= 11 is 0. The maximum Gasteiger partial charge on any atom is 0.313 e. The Hall–Kier alpha value is -2.56. The summed E-state index contributed by atoms with van der Waals surface area (Å²) in [6, 6.07) is 7.47. The Bertz CT molecular complexity index is 717. The molecule has 0 saturated carbocycles. The molecule has 1 aromatic heterocycles. The van der Waals surface area contributed by atoms with E-state index in [1.807, 2.05) is 45.9 Å². The minimum Gasteiger partial charge on any atom is -0.466 e. The highest BCUT2D eigenvalue weighted by molar-refractivity contribution is 6.39. The van der Waals surface area contributed by atoms with Crippen molar-refractivity contribution in [2.24, 2.45) is 0 Å². The normalized spacial score (nSPS) is 10.4. The Balaban J connectivity index is 1.95. The third-order valence-corrected chi connectivity index (χ3v) is 3.42. The van der Waals surface area contributed by atoms with E-state index in [-0.39, 0.29) is 6.54 Å². The van der Waals surface area contributed by atoms with Gasteiger partial charge in [0.2, 0.25) is 0 Å². The summed E-state index contributed by atoms with van der Waals surface area (Å²) < 4.78 is 5.38. The predicted octanol–water partition coefficient (Wildman–Crippen LogP) is 2.77. The molecule has 1 aromatic carbocycles. The van der Waals surface area contributed by atoms with E-state index in [9.17, 15) is 9.59 Å². The average Bonchev–Trinajstić information content (AvgIpc) is 2.77. The van der Waals surface area contributed by atoms with Crippen LogP contribution in [0.5, 0.6) is 0 Å². The van der Waals surface area contributed by atoms with Gasteiger partial charge in [-0.25, -0.2) is 0 Å². The van der Waals surface area contributed by atoms with Gasteiger partial charge in [-0.2, -0.15) is 0 Å². The van der Waals surface area contributed by atoms with Gasteiger partial charge < -0.3 is 15.1 Å². The number of anilines is 1. The number of hydrogen-bond donors (Lipinski definition) is 2. The molecule has 0 fully saturated rings. The Morgan fingerprint density at radius 1 is 1.05 bits per heavy atom. The first-order valence-electron chi connectivity index (χ1n) is 7.09. The minimum absolute atomic E-state index is 0.266. The molecule has 2 N–H and O–H groups in total. The Morgan fingerprint density at radius 2 is 1.77 bits per heavy atom. The van der Waals surface area contributed by atoms with Gasteiger partial charge in [0.05, 0.1) is 0 Å². The second-order valence-electron chi connectivity index (χ2n) is 5.39. The maximum atomic E-state index is 11.9. The molecule has 0 radical (unpaired) electrons. The molecule has 1 heterocycles. The summed E-state index contributed by atoms with van der Waals surface area (Å²) in [7, 11) is 0. The molecule has 2 aromatic rings. The Kier molecular flexibility index (Phi) is 4.65. The van der Waals surface area contributed by atoms with Gasteiger partial charge in [-0.15, -0.1) is 0 Å². The molecule has 22 heavy (non-hydrogen) atoms. The molecular weight excluding hydrogens is 280 g/mol. The van der Waals surface area contributed by atoms with Crippen LogP contribution in [0.4, 0.5) is 5.69 Å². The van der Waals surface area contributed by atoms with Crippen molar-refractivity contribution in [3.8, 4) is 0 Å². The van der Waals surface area contributed by atoms with Crippen molar-refractivity contribution < 1.29 is 14.0 Å². The monoisotopic (exact) mass is 300 g/mol. The average molecular weight is 300 g/mol. The highest BCUT2D eigenvalue weighted by Crippen LogP contribution is 2.16. The van der Waals surface area contributed by atoms with Crippen LogP contribution in [0.1, 0.15) is 28.2 Å². The molecule has 2 amide bonds. The highest BCUT2D eigenvalue weighted by Gasteiger charge is 2.15. The molecule has 0 spiro atoms. The third kappa shape index (κ3) is 3.75. The number of aryl methyl sites for hydroxylation is 4. The van der Waals surface area contributed by atoms with Crippen molar-refractivity contribution in [3.05, 3.63) is 52.5 Å². The summed E-state index contributed by atoms with van der Waals surface area (Å²) in [4.78, 5) is 23.8. The first-order chi connectivity index (χ1) is 10.4. The number of nitrogens with one attached hydrogen (secondary N) is 2. The van der Waals surface area contributed by atoms with Crippen LogP contribution in [-0.4, -0.2) is 11.8 Å². The summed E-state index contributed by atoms with van der Waals surface area (Å²) in [5.41, 5.74) is 3.53. The van der Waals surface area contributed by atoms with Crippen LogP contribution in [0.25, 0.3) is 0 Å². The van der Waals surface area contributed by atoms with E-state index >= 15 is 0 Å². The van der Waals surface area contributed by atoms with Crippen LogP contribution >= 0.6 is 0 Å². The maximum absolute atomic E-state index is 11.9. The van der Waals surface area contributed by atoms with Crippen molar-refractivity contribution in [2.45, 2.75) is 34.2 Å². The number of amides is 2. The first-order valence-corrected chi connectivity index (χ1v) is 7.09. The molecule has 0 bridgehead atoms. The quantitative estimate of drug-likeness (QED) is 0.856. The number of carbonyl (C=O) groups excluding carboxylic acids is 2. The zero-order valence-corrected chi connectivity index (χ0v) is 13.2. The van der Waals surface area contributed by atoms with E-state index in [1.54, 1.807) is 6.07 Å². The molecule has 5 heteroatoms. The number of carbonyl (C=O) groups is 2. The fourth-order valence-electron chi connectivity index (χ4n) is 2.25. The first kappa shape index (κ1) is 15.8. The van der Waals surface area contributed by atoms with E-state index in [0.717, 1.165) is 28.2 Å². The summed E-state index contributed by atoms with van der Waals surface area (Å²) in [5, 5.41) is 5.21.